The van der Waals surface area contributed by atoms with Crippen molar-refractivity contribution in [3.63, 3.8) is 0 Å². The summed E-state index contributed by atoms with van der Waals surface area (Å²) in [6, 6.07) is 5.28. The molecule has 0 aromatic heterocycles. The van der Waals surface area contributed by atoms with Gasteiger partial charge in [-0.1, -0.05) is 18.9 Å². The third kappa shape index (κ3) is 1.95. The molecule has 0 aliphatic heterocycles. The maximum absolute atomic E-state index is 13.1. The van der Waals surface area contributed by atoms with Crippen LogP contribution in [0.4, 0.5) is 4.39 Å². The van der Waals surface area contributed by atoms with Gasteiger partial charge in [0.15, 0.2) is 0 Å². The van der Waals surface area contributed by atoms with Gasteiger partial charge in [-0.15, -0.1) is 0 Å². The average molecular weight is 272 g/mol. The standard InChI is InChI=1S/C12H15BrFN/c13-10-7-9(3-4-11(10)14)12(8-15)5-1-2-6-12/h3-4,7H,1-2,5-6,8,15H2. The Morgan fingerprint density at radius 2 is 2.00 bits per heavy atom. The molecule has 2 rings (SSSR count). The minimum atomic E-state index is -0.205. The van der Waals surface area contributed by atoms with Crippen LogP contribution in [0.5, 0.6) is 0 Å². The molecular weight excluding hydrogens is 257 g/mol. The highest BCUT2D eigenvalue weighted by Gasteiger charge is 2.34. The van der Waals surface area contributed by atoms with Crippen molar-refractivity contribution >= 4 is 15.9 Å². The van der Waals surface area contributed by atoms with Gasteiger partial charge in [0.05, 0.1) is 4.47 Å². The molecule has 1 fully saturated rings. The zero-order chi connectivity index (χ0) is 10.9. The Hall–Kier alpha value is -0.410. The highest BCUT2D eigenvalue weighted by atomic mass is 79.9. The highest BCUT2D eigenvalue weighted by Crippen LogP contribution is 2.41. The first-order valence-electron chi connectivity index (χ1n) is 5.33. The van der Waals surface area contributed by atoms with Gasteiger partial charge in [0.25, 0.3) is 0 Å². The molecule has 0 bridgehead atoms. The van der Waals surface area contributed by atoms with Gasteiger partial charge in [0, 0.05) is 12.0 Å². The fourth-order valence-electron chi connectivity index (χ4n) is 2.49. The molecule has 0 heterocycles. The molecule has 3 heteroatoms. The molecule has 0 amide bonds. The maximum atomic E-state index is 13.1. The van der Waals surface area contributed by atoms with Gasteiger partial charge >= 0.3 is 0 Å². The first-order chi connectivity index (χ1) is 7.18. The number of hydrogen-bond donors (Lipinski definition) is 1. The number of rotatable bonds is 2. The Kier molecular flexibility index (Phi) is 3.12. The minimum Gasteiger partial charge on any atom is -0.330 e. The number of halogens is 2. The minimum absolute atomic E-state index is 0.0935. The lowest BCUT2D eigenvalue weighted by molar-refractivity contribution is 0.451. The molecule has 15 heavy (non-hydrogen) atoms. The van der Waals surface area contributed by atoms with Gasteiger partial charge in [-0.3, -0.25) is 0 Å². The van der Waals surface area contributed by atoms with Gasteiger partial charge in [0.2, 0.25) is 0 Å². The summed E-state index contributed by atoms with van der Waals surface area (Å²) in [5, 5.41) is 0. The Balaban J connectivity index is 2.38. The van der Waals surface area contributed by atoms with Crippen molar-refractivity contribution in [1.29, 1.82) is 0 Å². The monoisotopic (exact) mass is 271 g/mol. The molecule has 82 valence electrons. The van der Waals surface area contributed by atoms with Crippen molar-refractivity contribution in [2.75, 3.05) is 6.54 Å². The second-order valence-electron chi connectivity index (χ2n) is 4.32. The summed E-state index contributed by atoms with van der Waals surface area (Å²) in [6.07, 6.45) is 4.71. The van der Waals surface area contributed by atoms with E-state index in [0.29, 0.717) is 11.0 Å². The van der Waals surface area contributed by atoms with Crippen molar-refractivity contribution in [1.82, 2.24) is 0 Å². The molecule has 1 aromatic carbocycles. The summed E-state index contributed by atoms with van der Waals surface area (Å²) in [4.78, 5) is 0. The molecule has 1 aliphatic carbocycles. The van der Waals surface area contributed by atoms with E-state index in [0.717, 1.165) is 12.8 Å². The van der Waals surface area contributed by atoms with Gasteiger partial charge in [-0.05, 0) is 46.5 Å². The molecule has 1 aromatic rings. The number of hydrogen-bond acceptors (Lipinski definition) is 1. The second-order valence-corrected chi connectivity index (χ2v) is 5.17. The van der Waals surface area contributed by atoms with Crippen LogP contribution in [0.1, 0.15) is 31.2 Å². The molecule has 2 N–H and O–H groups in total. The van der Waals surface area contributed by atoms with Crippen molar-refractivity contribution in [2.45, 2.75) is 31.1 Å². The predicted octanol–water partition coefficient (Wildman–Crippen LogP) is 3.36. The summed E-state index contributed by atoms with van der Waals surface area (Å²) >= 11 is 3.23. The smallest absolute Gasteiger partial charge is 0.137 e. The fourth-order valence-corrected chi connectivity index (χ4v) is 2.87. The van der Waals surface area contributed by atoms with E-state index in [-0.39, 0.29) is 11.2 Å². The lowest BCUT2D eigenvalue weighted by atomic mass is 9.79. The van der Waals surface area contributed by atoms with E-state index >= 15 is 0 Å². The first-order valence-corrected chi connectivity index (χ1v) is 6.13. The second kappa shape index (κ2) is 4.22. The maximum Gasteiger partial charge on any atom is 0.137 e. The molecule has 0 spiro atoms. The van der Waals surface area contributed by atoms with Gasteiger partial charge < -0.3 is 5.73 Å². The summed E-state index contributed by atoms with van der Waals surface area (Å²) in [5.41, 5.74) is 7.15. The fraction of sp³-hybridized carbons (Fsp3) is 0.500. The Morgan fingerprint density at radius 1 is 1.33 bits per heavy atom. The van der Waals surface area contributed by atoms with Gasteiger partial charge in [-0.25, -0.2) is 4.39 Å². The summed E-state index contributed by atoms with van der Waals surface area (Å²) in [5.74, 6) is -0.205. The van der Waals surface area contributed by atoms with Crippen LogP contribution in [-0.4, -0.2) is 6.54 Å². The van der Waals surface area contributed by atoms with E-state index in [1.807, 2.05) is 12.1 Å². The first kappa shape index (κ1) is 11.1. The van der Waals surface area contributed by atoms with E-state index in [9.17, 15) is 4.39 Å². The van der Waals surface area contributed by atoms with Gasteiger partial charge in [0.1, 0.15) is 5.82 Å². The topological polar surface area (TPSA) is 26.0 Å². The van der Waals surface area contributed by atoms with Crippen molar-refractivity contribution < 1.29 is 4.39 Å². The van der Waals surface area contributed by atoms with Crippen molar-refractivity contribution in [2.24, 2.45) is 5.73 Å². The summed E-state index contributed by atoms with van der Waals surface area (Å²) < 4.78 is 13.7. The van der Waals surface area contributed by atoms with E-state index in [1.165, 1.54) is 24.5 Å². The zero-order valence-electron chi connectivity index (χ0n) is 8.60. The predicted molar refractivity (Wildman–Crippen MR) is 63.3 cm³/mol. The van der Waals surface area contributed by atoms with Crippen LogP contribution < -0.4 is 5.73 Å². The van der Waals surface area contributed by atoms with Crippen LogP contribution >= 0.6 is 15.9 Å². The van der Waals surface area contributed by atoms with Crippen LogP contribution in [0, 0.1) is 5.82 Å². The van der Waals surface area contributed by atoms with Crippen LogP contribution in [-0.2, 0) is 5.41 Å². The third-order valence-electron chi connectivity index (χ3n) is 3.48. The number of nitrogens with two attached hydrogens (primary N) is 1. The molecule has 0 saturated heterocycles. The van der Waals surface area contributed by atoms with E-state index in [4.69, 9.17) is 5.73 Å². The molecule has 0 radical (unpaired) electrons. The quantitative estimate of drug-likeness (QED) is 0.877. The van der Waals surface area contributed by atoms with Crippen molar-refractivity contribution in [3.8, 4) is 0 Å². The van der Waals surface area contributed by atoms with Crippen LogP contribution in [0.2, 0.25) is 0 Å². The highest BCUT2D eigenvalue weighted by molar-refractivity contribution is 9.10. The third-order valence-corrected chi connectivity index (χ3v) is 4.09. The van der Waals surface area contributed by atoms with E-state index in [2.05, 4.69) is 15.9 Å². The van der Waals surface area contributed by atoms with Crippen LogP contribution in [0.25, 0.3) is 0 Å². The van der Waals surface area contributed by atoms with Crippen LogP contribution in [0.15, 0.2) is 22.7 Å². The molecule has 0 unspecified atom stereocenters. The average Bonchev–Trinajstić information content (AvgIpc) is 2.72. The molecule has 1 aliphatic rings. The lowest BCUT2D eigenvalue weighted by Crippen LogP contribution is -2.32. The summed E-state index contributed by atoms with van der Waals surface area (Å²) in [7, 11) is 0. The van der Waals surface area contributed by atoms with E-state index < -0.39 is 0 Å². The Bertz CT molecular complexity index is 359. The molecule has 1 nitrogen and oxygen atoms in total. The van der Waals surface area contributed by atoms with Crippen molar-refractivity contribution in [3.05, 3.63) is 34.1 Å². The number of benzene rings is 1. The zero-order valence-corrected chi connectivity index (χ0v) is 10.2. The SMILES string of the molecule is NCC1(c2ccc(F)c(Br)c2)CCCC1. The largest absolute Gasteiger partial charge is 0.330 e. The molecular formula is C12H15BrFN. The Morgan fingerprint density at radius 3 is 2.53 bits per heavy atom. The van der Waals surface area contributed by atoms with E-state index in [1.54, 1.807) is 0 Å². The van der Waals surface area contributed by atoms with Crippen LogP contribution in [0.3, 0.4) is 0 Å². The summed E-state index contributed by atoms with van der Waals surface area (Å²) in [6.45, 7) is 0.658. The Labute approximate surface area is 98.0 Å². The normalized spacial score (nSPS) is 19.4. The van der Waals surface area contributed by atoms with Gasteiger partial charge in [-0.2, -0.15) is 0 Å². The molecule has 1 saturated carbocycles. The lowest BCUT2D eigenvalue weighted by Gasteiger charge is -2.28. The molecule has 0 atom stereocenters.